The summed E-state index contributed by atoms with van der Waals surface area (Å²) in [6, 6.07) is 0. The predicted octanol–water partition coefficient (Wildman–Crippen LogP) is 0.112. The van der Waals surface area contributed by atoms with Gasteiger partial charge in [-0.1, -0.05) is 0 Å². The van der Waals surface area contributed by atoms with Gasteiger partial charge in [0.2, 0.25) is 0 Å². The van der Waals surface area contributed by atoms with Crippen LogP contribution in [0.15, 0.2) is 2.92 Å². The second-order valence-corrected chi connectivity index (χ2v) is 1.10. The van der Waals surface area contributed by atoms with Crippen LogP contribution in [0.3, 0.4) is 0 Å². The molecule has 0 aromatic heterocycles. The van der Waals surface area contributed by atoms with E-state index in [1.54, 1.807) is 0 Å². The Balaban J connectivity index is 3.11. The summed E-state index contributed by atoms with van der Waals surface area (Å²) in [6.07, 6.45) is 0. The number of hydrogen-bond acceptors (Lipinski definition) is 1. The van der Waals surface area contributed by atoms with Crippen molar-refractivity contribution < 1.29 is 0 Å². The van der Waals surface area contributed by atoms with Crippen LogP contribution >= 0.6 is 0 Å². The molecule has 4 heteroatoms. The van der Waals surface area contributed by atoms with Crippen LogP contribution < -0.4 is 0 Å². The van der Waals surface area contributed by atoms with Crippen LogP contribution in [0.2, 0.25) is 0 Å². The van der Waals surface area contributed by atoms with Crippen molar-refractivity contribution in [2.24, 2.45) is 2.92 Å². The summed E-state index contributed by atoms with van der Waals surface area (Å²) in [5, 5.41) is 0. The van der Waals surface area contributed by atoms with Crippen LogP contribution in [0.1, 0.15) is 0 Å². The molecule has 0 saturated heterocycles. The maximum absolute atomic E-state index is 7.38. The molecule has 0 unspecified atom stereocenters. The van der Waals surface area contributed by atoms with Gasteiger partial charge in [-0.05, 0) is 0 Å². The van der Waals surface area contributed by atoms with Gasteiger partial charge in [0.05, 0.1) is 0 Å². The Bertz CT molecular complexity index is 41.2. The summed E-state index contributed by atoms with van der Waals surface area (Å²) < 4.78 is 3.08. The number of hydrogen-bond donors (Lipinski definition) is 0. The summed E-state index contributed by atoms with van der Waals surface area (Å²) >= 11 is 0.440. The molecule has 0 saturated carbocycles. The van der Waals surface area contributed by atoms with Gasteiger partial charge in [-0.2, -0.15) is 0 Å². The van der Waals surface area contributed by atoms with Gasteiger partial charge in [-0.25, -0.2) is 0 Å². The summed E-state index contributed by atoms with van der Waals surface area (Å²) in [4.78, 5) is 2.44. The Morgan fingerprint density at radius 1 is 2.00 bits per heavy atom. The fourth-order valence-corrected chi connectivity index (χ4v) is 0. The molecule has 0 aromatic rings. The van der Waals surface area contributed by atoms with E-state index in [1.807, 2.05) is 0 Å². The summed E-state index contributed by atoms with van der Waals surface area (Å²) in [7, 11) is 0. The molecule has 0 amide bonds. The van der Waals surface area contributed by atoms with Gasteiger partial charge >= 0.3 is 39.4 Å². The SMILES string of the molecule is [N-]=[N+]=[N][PbH]. The third kappa shape index (κ3) is 2.23. The second kappa shape index (κ2) is 3.23. The van der Waals surface area contributed by atoms with Crippen molar-refractivity contribution in [3.63, 3.8) is 0 Å². The van der Waals surface area contributed by atoms with Crippen molar-refractivity contribution in [2.45, 2.75) is 0 Å². The second-order valence-electron chi connectivity index (χ2n) is 0.205. The van der Waals surface area contributed by atoms with E-state index in [-0.39, 0.29) is 0 Å². The molecule has 0 N–H and O–H groups in total. The fourth-order valence-electron chi connectivity index (χ4n) is 0. The molecule has 0 bridgehead atoms. The third-order valence-electron chi connectivity index (χ3n) is 0.0516. The van der Waals surface area contributed by atoms with Crippen LogP contribution in [-0.2, 0) is 0 Å². The maximum atomic E-state index is 7.38. The monoisotopic (exact) mass is 251 g/mol. The first kappa shape index (κ1) is 4.23. The minimum absolute atomic E-state index is 0.440. The standard InChI is InChI=1S/N3.Pb.H/c1-3-2;;/q-1;+1;. The molecular formula is HN3Pb. The zero-order valence-corrected chi connectivity index (χ0v) is 6.41. The summed E-state index contributed by atoms with van der Waals surface area (Å²) in [5.74, 6) is 0. The fraction of sp³-hybridized carbons (Fsp3) is 0. The Morgan fingerprint density at radius 3 is 2.25 bits per heavy atom. The molecule has 0 atom stereocenters. The van der Waals surface area contributed by atoms with Crippen molar-refractivity contribution in [2.75, 3.05) is 0 Å². The molecule has 0 spiro atoms. The van der Waals surface area contributed by atoms with Crippen LogP contribution in [-0.4, -0.2) is 26.1 Å². The van der Waals surface area contributed by atoms with Gasteiger partial charge in [-0.15, -0.1) is 0 Å². The average molecular weight is 250 g/mol. The van der Waals surface area contributed by atoms with E-state index in [0.717, 1.165) is 0 Å². The first-order valence-corrected chi connectivity index (χ1v) is 2.67. The third-order valence-corrected chi connectivity index (χ3v) is 0.453. The minimum atomic E-state index is 0.440. The molecule has 0 aliphatic carbocycles. The topological polar surface area (TPSA) is 48.8 Å². The first-order chi connectivity index (χ1) is 1.91. The van der Waals surface area contributed by atoms with Crippen LogP contribution in [0.5, 0.6) is 0 Å². The van der Waals surface area contributed by atoms with Gasteiger partial charge in [-0.3, -0.25) is 0 Å². The Labute approximate surface area is 39.7 Å². The zero-order chi connectivity index (χ0) is 3.41. The van der Waals surface area contributed by atoms with Crippen molar-refractivity contribution in [3.8, 4) is 0 Å². The predicted molar refractivity (Wildman–Crippen MR) is 16.3 cm³/mol. The molecule has 0 rings (SSSR count). The molecule has 0 aliphatic heterocycles. The molecular weight excluding hydrogens is 249 g/mol. The Hall–Kier alpha value is 0.232. The Morgan fingerprint density at radius 2 is 2.25 bits per heavy atom. The van der Waals surface area contributed by atoms with Crippen LogP contribution in [0, 0.1) is 0 Å². The summed E-state index contributed by atoms with van der Waals surface area (Å²) in [6.45, 7) is 0. The molecule has 0 aliphatic rings. The first-order valence-electron chi connectivity index (χ1n) is 0.658. The van der Waals surface area contributed by atoms with Crippen molar-refractivity contribution >= 4 is 26.1 Å². The van der Waals surface area contributed by atoms with Crippen molar-refractivity contribution in [1.82, 2.24) is 0 Å². The zero-order valence-electron chi connectivity index (χ0n) is 1.92. The molecule has 2 radical (unpaired) electrons. The Kier molecular flexibility index (Phi) is 3.42. The molecule has 3 nitrogen and oxygen atoms in total. The summed E-state index contributed by atoms with van der Waals surface area (Å²) in [5.41, 5.74) is 7.38. The van der Waals surface area contributed by atoms with E-state index in [0.29, 0.717) is 26.1 Å². The van der Waals surface area contributed by atoms with Gasteiger partial charge in [0.25, 0.3) is 0 Å². The van der Waals surface area contributed by atoms with E-state index < -0.39 is 0 Å². The molecule has 20 valence electrons. The van der Waals surface area contributed by atoms with Crippen molar-refractivity contribution in [3.05, 3.63) is 10.4 Å². The van der Waals surface area contributed by atoms with Crippen LogP contribution in [0.25, 0.3) is 10.4 Å². The van der Waals surface area contributed by atoms with E-state index in [9.17, 15) is 0 Å². The van der Waals surface area contributed by atoms with Gasteiger partial charge in [0, 0.05) is 0 Å². The van der Waals surface area contributed by atoms with Crippen molar-refractivity contribution in [1.29, 1.82) is 0 Å². The number of rotatable bonds is 0. The number of azide groups is 1. The number of nitrogens with zero attached hydrogens (tertiary/aromatic N) is 3. The van der Waals surface area contributed by atoms with E-state index in [1.165, 1.54) is 0 Å². The normalized spacial score (nSPS) is 4.25. The van der Waals surface area contributed by atoms with E-state index >= 15 is 0 Å². The van der Waals surface area contributed by atoms with E-state index in [2.05, 4.69) is 7.84 Å². The van der Waals surface area contributed by atoms with Crippen LogP contribution in [0.4, 0.5) is 0 Å². The van der Waals surface area contributed by atoms with E-state index in [4.69, 9.17) is 5.53 Å². The molecule has 0 aromatic carbocycles. The van der Waals surface area contributed by atoms with Gasteiger partial charge < -0.3 is 0 Å². The van der Waals surface area contributed by atoms with Gasteiger partial charge in [0.15, 0.2) is 0 Å². The van der Waals surface area contributed by atoms with Gasteiger partial charge in [0.1, 0.15) is 0 Å². The molecule has 4 heavy (non-hydrogen) atoms. The molecule has 0 heterocycles. The molecule has 0 fully saturated rings. The quantitative estimate of drug-likeness (QED) is 0.254. The average Bonchev–Trinajstić information content (AvgIpc) is 1.37.